The molecule has 1 fully saturated rings. The summed E-state index contributed by atoms with van der Waals surface area (Å²) in [6.07, 6.45) is 2.57. The van der Waals surface area contributed by atoms with Crippen LogP contribution in [0.1, 0.15) is 25.5 Å². The average molecular weight is 225 g/mol. The average Bonchev–Trinajstić information content (AvgIpc) is 2.64. The Hall–Kier alpha value is -0.610. The van der Waals surface area contributed by atoms with E-state index in [2.05, 4.69) is 27.5 Å². The molecule has 84 valence electrons. The molecular weight excluding hydrogens is 206 g/mol. The molecule has 0 saturated carbocycles. The number of likely N-dealkylation sites (N-methyl/N-ethyl adjacent to an activating group) is 1. The molecule has 3 nitrogen and oxygen atoms in total. The molecule has 1 aromatic heterocycles. The molecule has 0 bridgehead atoms. The van der Waals surface area contributed by atoms with Gasteiger partial charge in [-0.05, 0) is 32.9 Å². The fraction of sp³-hybridized carbons (Fsp3) is 0.727. The summed E-state index contributed by atoms with van der Waals surface area (Å²) in [7, 11) is 0. The summed E-state index contributed by atoms with van der Waals surface area (Å²) in [5.41, 5.74) is 1.12. The number of nitrogens with zero attached hydrogens (tertiary/aromatic N) is 2. The van der Waals surface area contributed by atoms with E-state index in [1.165, 1.54) is 19.4 Å². The highest BCUT2D eigenvalue weighted by Gasteiger charge is 2.18. The molecule has 1 N–H and O–H groups in total. The Morgan fingerprint density at radius 2 is 2.53 bits per heavy atom. The molecule has 1 atom stereocenters. The van der Waals surface area contributed by atoms with E-state index in [-0.39, 0.29) is 0 Å². The number of hydrogen-bond donors (Lipinski definition) is 1. The first-order valence-corrected chi connectivity index (χ1v) is 6.57. The van der Waals surface area contributed by atoms with E-state index in [1.54, 1.807) is 11.3 Å². The van der Waals surface area contributed by atoms with Gasteiger partial charge >= 0.3 is 0 Å². The summed E-state index contributed by atoms with van der Waals surface area (Å²) in [6, 6.07) is 0.587. The van der Waals surface area contributed by atoms with Crippen molar-refractivity contribution in [3.8, 4) is 0 Å². The lowest BCUT2D eigenvalue weighted by Gasteiger charge is -2.32. The molecule has 0 radical (unpaired) electrons. The second-order valence-corrected chi connectivity index (χ2v) is 5.03. The number of nitrogens with one attached hydrogen (secondary N) is 1. The van der Waals surface area contributed by atoms with Gasteiger partial charge in [-0.15, -0.1) is 11.3 Å². The Balaban J connectivity index is 1.88. The first kappa shape index (κ1) is 10.9. The molecule has 0 aromatic carbocycles. The molecule has 0 amide bonds. The highest BCUT2D eigenvalue weighted by atomic mass is 32.1. The Labute approximate surface area is 95.5 Å². The van der Waals surface area contributed by atoms with Crippen LogP contribution in [0.25, 0.3) is 0 Å². The van der Waals surface area contributed by atoms with Gasteiger partial charge in [0.1, 0.15) is 0 Å². The van der Waals surface area contributed by atoms with Crippen LogP contribution in [0.5, 0.6) is 0 Å². The van der Waals surface area contributed by atoms with Crippen molar-refractivity contribution in [2.24, 2.45) is 0 Å². The third-order valence-corrected chi connectivity index (χ3v) is 3.79. The zero-order valence-electron chi connectivity index (χ0n) is 9.49. The van der Waals surface area contributed by atoms with Crippen LogP contribution in [0.4, 0.5) is 5.13 Å². The van der Waals surface area contributed by atoms with E-state index in [4.69, 9.17) is 0 Å². The van der Waals surface area contributed by atoms with Gasteiger partial charge in [-0.3, -0.25) is 0 Å². The Morgan fingerprint density at radius 3 is 3.20 bits per heavy atom. The molecular formula is C11H19N3S. The van der Waals surface area contributed by atoms with E-state index in [9.17, 15) is 0 Å². The number of anilines is 1. The predicted molar refractivity (Wildman–Crippen MR) is 65.6 cm³/mol. The largest absolute Gasteiger partial charge is 0.357 e. The van der Waals surface area contributed by atoms with Crippen LogP contribution in [0.15, 0.2) is 5.38 Å². The molecule has 1 aromatic rings. The second-order valence-electron chi connectivity index (χ2n) is 4.17. The summed E-state index contributed by atoms with van der Waals surface area (Å²) >= 11 is 1.71. The SMILES string of the molecule is CCN1CCCC(Nc2nc(C)cs2)C1. The number of hydrogen-bond acceptors (Lipinski definition) is 4. The number of aryl methyl sites for hydroxylation is 1. The number of thiazole rings is 1. The third kappa shape index (κ3) is 2.92. The molecule has 1 aliphatic heterocycles. The summed E-state index contributed by atoms with van der Waals surface area (Å²) < 4.78 is 0. The lowest BCUT2D eigenvalue weighted by molar-refractivity contribution is 0.227. The van der Waals surface area contributed by atoms with Gasteiger partial charge in [-0.1, -0.05) is 6.92 Å². The monoisotopic (exact) mass is 225 g/mol. The third-order valence-electron chi connectivity index (χ3n) is 2.90. The van der Waals surface area contributed by atoms with E-state index < -0.39 is 0 Å². The molecule has 0 spiro atoms. The molecule has 1 saturated heterocycles. The quantitative estimate of drug-likeness (QED) is 0.856. The van der Waals surface area contributed by atoms with Gasteiger partial charge in [-0.25, -0.2) is 4.98 Å². The number of likely N-dealkylation sites (tertiary alicyclic amines) is 1. The topological polar surface area (TPSA) is 28.2 Å². The van der Waals surface area contributed by atoms with E-state index in [0.717, 1.165) is 23.9 Å². The van der Waals surface area contributed by atoms with Crippen LogP contribution in [0, 0.1) is 6.92 Å². The van der Waals surface area contributed by atoms with Crippen LogP contribution in [0.2, 0.25) is 0 Å². The highest BCUT2D eigenvalue weighted by Crippen LogP contribution is 2.19. The van der Waals surface area contributed by atoms with E-state index >= 15 is 0 Å². The van der Waals surface area contributed by atoms with Crippen molar-refractivity contribution in [2.75, 3.05) is 25.0 Å². The van der Waals surface area contributed by atoms with Crippen molar-refractivity contribution in [1.29, 1.82) is 0 Å². The zero-order valence-corrected chi connectivity index (χ0v) is 10.3. The van der Waals surface area contributed by atoms with Crippen molar-refractivity contribution < 1.29 is 0 Å². The van der Waals surface area contributed by atoms with Gasteiger partial charge in [0, 0.05) is 18.0 Å². The molecule has 1 unspecified atom stereocenters. The Morgan fingerprint density at radius 1 is 1.67 bits per heavy atom. The van der Waals surface area contributed by atoms with E-state index in [1.807, 2.05) is 6.92 Å². The van der Waals surface area contributed by atoms with Crippen molar-refractivity contribution in [3.05, 3.63) is 11.1 Å². The fourth-order valence-electron chi connectivity index (χ4n) is 2.06. The lowest BCUT2D eigenvalue weighted by atomic mass is 10.1. The van der Waals surface area contributed by atoms with Crippen LogP contribution in [0.3, 0.4) is 0 Å². The van der Waals surface area contributed by atoms with Gasteiger partial charge in [0.25, 0.3) is 0 Å². The minimum Gasteiger partial charge on any atom is -0.357 e. The fourth-order valence-corrected chi connectivity index (χ4v) is 2.82. The maximum atomic E-state index is 4.44. The number of rotatable bonds is 3. The maximum absolute atomic E-state index is 4.44. The zero-order chi connectivity index (χ0) is 10.7. The lowest BCUT2D eigenvalue weighted by Crippen LogP contribution is -2.41. The first-order chi connectivity index (χ1) is 7.28. The summed E-state index contributed by atoms with van der Waals surface area (Å²) in [4.78, 5) is 6.95. The van der Waals surface area contributed by atoms with Gasteiger partial charge in [0.15, 0.2) is 5.13 Å². The number of aromatic nitrogens is 1. The summed E-state index contributed by atoms with van der Waals surface area (Å²) in [5.74, 6) is 0. The predicted octanol–water partition coefficient (Wildman–Crippen LogP) is 2.35. The minimum atomic E-state index is 0.587. The normalized spacial score (nSPS) is 22.9. The van der Waals surface area contributed by atoms with Crippen LogP contribution in [-0.2, 0) is 0 Å². The molecule has 15 heavy (non-hydrogen) atoms. The Kier molecular flexibility index (Phi) is 3.59. The molecule has 1 aliphatic rings. The summed E-state index contributed by atoms with van der Waals surface area (Å²) in [6.45, 7) is 7.85. The minimum absolute atomic E-state index is 0.587. The molecule has 2 rings (SSSR count). The second kappa shape index (κ2) is 4.94. The molecule has 2 heterocycles. The van der Waals surface area contributed by atoms with Gasteiger partial charge < -0.3 is 10.2 Å². The summed E-state index contributed by atoms with van der Waals surface area (Å²) in [5, 5.41) is 6.71. The van der Waals surface area contributed by atoms with Crippen LogP contribution in [-0.4, -0.2) is 35.6 Å². The van der Waals surface area contributed by atoms with Crippen LogP contribution < -0.4 is 5.32 Å². The van der Waals surface area contributed by atoms with Gasteiger partial charge in [0.05, 0.1) is 5.69 Å². The Bertz CT molecular complexity index is 311. The van der Waals surface area contributed by atoms with Crippen molar-refractivity contribution in [1.82, 2.24) is 9.88 Å². The highest BCUT2D eigenvalue weighted by molar-refractivity contribution is 7.13. The molecule has 0 aliphatic carbocycles. The van der Waals surface area contributed by atoms with Crippen molar-refractivity contribution >= 4 is 16.5 Å². The standard InChI is InChI=1S/C11H19N3S/c1-3-14-6-4-5-10(7-14)13-11-12-9(2)8-15-11/h8,10H,3-7H2,1-2H3,(H,12,13). The first-order valence-electron chi connectivity index (χ1n) is 5.69. The van der Waals surface area contributed by atoms with Crippen LogP contribution >= 0.6 is 11.3 Å². The van der Waals surface area contributed by atoms with E-state index in [0.29, 0.717) is 6.04 Å². The van der Waals surface area contributed by atoms with Crippen molar-refractivity contribution in [3.63, 3.8) is 0 Å². The molecule has 4 heteroatoms. The maximum Gasteiger partial charge on any atom is 0.183 e. The van der Waals surface area contributed by atoms with Gasteiger partial charge in [-0.2, -0.15) is 0 Å². The van der Waals surface area contributed by atoms with Gasteiger partial charge in [0.2, 0.25) is 0 Å². The smallest absolute Gasteiger partial charge is 0.183 e. The number of piperidine rings is 1. The van der Waals surface area contributed by atoms with Crippen molar-refractivity contribution in [2.45, 2.75) is 32.7 Å².